The molecular weight excluding hydrogens is 1250 g/mol. The first-order valence-electron chi connectivity index (χ1n) is 21.5. The number of rotatable bonds is 20. The van der Waals surface area contributed by atoms with Gasteiger partial charge >= 0.3 is 0 Å². The lowest BCUT2D eigenvalue weighted by atomic mass is 9.50. The van der Waals surface area contributed by atoms with Crippen LogP contribution in [0.4, 0.5) is 8.78 Å². The van der Waals surface area contributed by atoms with Crippen LogP contribution in [0.1, 0.15) is 48.5 Å². The Bertz CT molecular complexity index is 2140. The van der Waals surface area contributed by atoms with Crippen LogP contribution < -0.4 is 14.2 Å². The fourth-order valence-electron chi connectivity index (χ4n) is 7.19. The Morgan fingerprint density at radius 2 is 0.828 bits per heavy atom. The summed E-state index contributed by atoms with van der Waals surface area (Å²) in [6.07, 6.45) is 0. The first kappa shape index (κ1) is 57.8. The molecule has 344 valence electrons. The summed E-state index contributed by atoms with van der Waals surface area (Å²) >= 11 is 7.02. The molecule has 0 aliphatic carbocycles. The minimum absolute atomic E-state index is 0.0758. The highest BCUT2D eigenvalue weighted by Crippen LogP contribution is 2.60. The molecule has 0 N–H and O–H groups in total. The van der Waals surface area contributed by atoms with Gasteiger partial charge in [-0.1, -0.05) is 170 Å². The lowest BCUT2D eigenvalue weighted by Crippen LogP contribution is -2.63. The van der Waals surface area contributed by atoms with Crippen LogP contribution in [-0.2, 0) is 0 Å². The van der Waals surface area contributed by atoms with Crippen LogP contribution >= 0.6 is 123 Å². The predicted molar refractivity (Wildman–Crippen MR) is 336 cm³/mol. The van der Waals surface area contributed by atoms with Gasteiger partial charge in [-0.05, 0) is 91.8 Å². The van der Waals surface area contributed by atoms with E-state index in [2.05, 4.69) is 247 Å². The van der Waals surface area contributed by atoms with E-state index >= 15 is 8.78 Å². The van der Waals surface area contributed by atoms with E-state index in [9.17, 15) is 0 Å². The molecule has 0 saturated heterocycles. The second-order valence-electron chi connectivity index (χ2n) is 20.2. The molecule has 0 fully saturated rings. The number of alkyl halides is 5. The summed E-state index contributed by atoms with van der Waals surface area (Å²) in [4.78, 5) is 0. The summed E-state index contributed by atoms with van der Waals surface area (Å²) in [7, 11) is 27.0. The number of hydrogen-bond acceptors (Lipinski definition) is 3. The predicted octanol–water partition coefficient (Wildman–Crippen LogP) is 9.63. The summed E-state index contributed by atoms with van der Waals surface area (Å²) in [5, 5.41) is -1.51. The Kier molecular flexibility index (Phi) is 19.4. The zero-order valence-electron chi connectivity index (χ0n) is 39.5. The summed E-state index contributed by atoms with van der Waals surface area (Å²) in [6.45, 7) is 15.4. The van der Waals surface area contributed by atoms with Gasteiger partial charge in [0.05, 0.1) is 18.5 Å². The van der Waals surface area contributed by atoms with Crippen molar-refractivity contribution in [1.82, 2.24) is 0 Å². The van der Waals surface area contributed by atoms with Gasteiger partial charge in [0.15, 0.2) is 15.7 Å². The average molecular weight is 1310 g/mol. The third-order valence-corrected chi connectivity index (χ3v) is 30.6. The molecule has 14 atom stereocenters. The van der Waals surface area contributed by atoms with Crippen LogP contribution in [0.15, 0.2) is 91.0 Å². The molecule has 19 heteroatoms. The molecule has 0 amide bonds. The highest BCUT2D eigenvalue weighted by molar-refractivity contribution is 14.1. The zero-order valence-corrected chi connectivity index (χ0v) is 52.9. The maximum absolute atomic E-state index is 16.8. The first-order valence-corrected chi connectivity index (χ1v) is 28.2. The Labute approximate surface area is 443 Å². The molecule has 64 heavy (non-hydrogen) atoms. The van der Waals surface area contributed by atoms with E-state index in [0.29, 0.717) is 30.6 Å². The molecule has 0 heterocycles. The molecular formula is C45H66B5F2I3O3P6. The van der Waals surface area contributed by atoms with Gasteiger partial charge in [-0.25, -0.2) is 0 Å². The summed E-state index contributed by atoms with van der Waals surface area (Å²) in [6, 6.07) is 31.0. The molecule has 14 unspecified atom stereocenters. The Hall–Kier alpha value is 1.23. The van der Waals surface area contributed by atoms with E-state index in [4.69, 9.17) is 14.2 Å². The van der Waals surface area contributed by atoms with Crippen molar-refractivity contribution in [1.29, 1.82) is 0 Å². The largest absolute Gasteiger partial charge is 0.494 e. The Balaban J connectivity index is 1.59. The summed E-state index contributed by atoms with van der Waals surface area (Å²) in [5.41, 5.74) is 3.18. The molecule has 0 spiro atoms. The van der Waals surface area contributed by atoms with Gasteiger partial charge in [0.2, 0.25) is 0 Å². The molecule has 0 aliphatic heterocycles. The zero-order chi connectivity index (χ0) is 48.7. The van der Waals surface area contributed by atoms with E-state index in [1.165, 1.54) is 0 Å². The third-order valence-electron chi connectivity index (χ3n) is 13.9. The van der Waals surface area contributed by atoms with Crippen LogP contribution in [0.3, 0.4) is 0 Å². The van der Waals surface area contributed by atoms with E-state index in [0.717, 1.165) is 39.1 Å². The van der Waals surface area contributed by atoms with Crippen LogP contribution in [0, 0.1) is 11.8 Å². The number of halogens is 5. The minimum atomic E-state index is -1.67. The number of benzene rings is 4. The van der Waals surface area contributed by atoms with Gasteiger partial charge in [0.25, 0.3) is 0 Å². The van der Waals surface area contributed by atoms with Gasteiger partial charge in [0.1, 0.15) is 59.6 Å². The average Bonchev–Trinajstić information content (AvgIpc) is 3.21. The number of ether oxygens (including phenoxy) is 3. The van der Waals surface area contributed by atoms with E-state index in [-0.39, 0.29) is 26.1 Å². The maximum atomic E-state index is 16.8. The quantitative estimate of drug-likeness (QED) is 0.0382. The molecule has 4 rings (SSSR count). The fourth-order valence-corrected chi connectivity index (χ4v) is 11.0. The van der Waals surface area contributed by atoms with Gasteiger partial charge < -0.3 is 14.2 Å². The first-order chi connectivity index (χ1) is 29.0. The van der Waals surface area contributed by atoms with Crippen molar-refractivity contribution in [3.05, 3.63) is 91.0 Å². The smallest absolute Gasteiger partial charge is 0.155 e. The van der Waals surface area contributed by atoms with Crippen molar-refractivity contribution < 1.29 is 23.0 Å². The molecule has 4 aromatic rings. The van der Waals surface area contributed by atoms with E-state index < -0.39 is 27.7 Å². The minimum Gasteiger partial charge on any atom is -0.494 e. The van der Waals surface area contributed by atoms with Crippen molar-refractivity contribution in [2.75, 3.05) is 19.8 Å². The standard InChI is InChI=1S/C45H66B5F2I3O3P6/c1-26(2)37(5,59)43(50,62)41(49,52)24-57-36-21-33(20-35(22-36)56-23-40(47,48)44(54,63)38(6,60)27(3)4)32-14-12-29(13-15-32)28-8-10-30(11-9-28)31-16-18-34(19-17-31)58-25-42(53,61)45(55,64)39(7,46)51/h8-22,26-27H,23-25,46-50,59-64H2,1-7H3. The molecule has 0 aliphatic rings. The van der Waals surface area contributed by atoms with Crippen LogP contribution in [0.2, 0.25) is 5.21 Å². The van der Waals surface area contributed by atoms with Crippen LogP contribution in [0.5, 0.6) is 17.2 Å². The Morgan fingerprint density at radius 1 is 0.484 bits per heavy atom. The van der Waals surface area contributed by atoms with Crippen LogP contribution in [-0.4, -0.2) is 95.0 Å². The monoisotopic (exact) mass is 1310 g/mol. The van der Waals surface area contributed by atoms with Gasteiger partial charge in [-0.15, -0.1) is 55.4 Å². The normalized spacial score (nSPS) is 19.9. The number of hydrogen-bond donors (Lipinski definition) is 0. The molecule has 0 radical (unpaired) electrons. The lowest BCUT2D eigenvalue weighted by Gasteiger charge is -2.52. The lowest BCUT2D eigenvalue weighted by molar-refractivity contribution is 0.124. The topological polar surface area (TPSA) is 27.7 Å². The maximum Gasteiger partial charge on any atom is 0.155 e. The second-order valence-corrected chi connectivity index (χ2v) is 35.3. The molecule has 3 nitrogen and oxygen atoms in total. The summed E-state index contributed by atoms with van der Waals surface area (Å²) in [5.74, 6) is 2.61. The molecule has 0 saturated carbocycles. The summed E-state index contributed by atoms with van der Waals surface area (Å²) < 4.78 is 49.5. The highest BCUT2D eigenvalue weighted by atomic mass is 127. The molecule has 0 bridgehead atoms. The third kappa shape index (κ3) is 12.6. The fraction of sp³-hybridized carbons (Fsp3) is 0.467. The van der Waals surface area contributed by atoms with Crippen molar-refractivity contribution in [2.45, 2.75) is 89.7 Å². The van der Waals surface area contributed by atoms with Crippen LogP contribution in [0.25, 0.3) is 33.4 Å². The second kappa shape index (κ2) is 21.5. The van der Waals surface area contributed by atoms with Crippen molar-refractivity contribution in [3.8, 4) is 50.6 Å². The van der Waals surface area contributed by atoms with E-state index in [1.807, 2.05) is 32.1 Å². The van der Waals surface area contributed by atoms with Gasteiger partial charge in [-0.3, -0.25) is 8.78 Å². The van der Waals surface area contributed by atoms with Crippen molar-refractivity contribution in [2.24, 2.45) is 11.8 Å². The molecule has 0 aromatic heterocycles. The van der Waals surface area contributed by atoms with E-state index in [1.54, 1.807) is 22.6 Å². The Morgan fingerprint density at radius 3 is 1.20 bits per heavy atom. The van der Waals surface area contributed by atoms with Crippen molar-refractivity contribution in [3.63, 3.8) is 0 Å². The molecule has 4 aromatic carbocycles. The van der Waals surface area contributed by atoms with Gasteiger partial charge in [0, 0.05) is 14.4 Å². The van der Waals surface area contributed by atoms with Gasteiger partial charge in [-0.2, -0.15) is 0 Å². The highest BCUT2D eigenvalue weighted by Gasteiger charge is 2.54. The SMILES string of the molecule is BC(C)(F)C(P)(I)C(P)(I)COc1ccc(-c2ccc(-c3ccc(-c4cc(OCC(B)(B)C(P)(I)C(C)(P)C(C)C)cc(OCC(B)(F)C(B)(P)C(C)(P)C(C)C)c4)cc3)cc2)cc1. The van der Waals surface area contributed by atoms with Crippen molar-refractivity contribution >= 4 is 162 Å².